The van der Waals surface area contributed by atoms with Gasteiger partial charge in [0, 0.05) is 19.2 Å². The van der Waals surface area contributed by atoms with E-state index in [9.17, 15) is 8.42 Å². The summed E-state index contributed by atoms with van der Waals surface area (Å²) < 4.78 is 31.6. The fourth-order valence-electron chi connectivity index (χ4n) is 2.11. The van der Waals surface area contributed by atoms with Crippen LogP contribution in [0, 0.1) is 0 Å². The van der Waals surface area contributed by atoms with Crippen molar-refractivity contribution in [3.05, 3.63) is 35.9 Å². The van der Waals surface area contributed by atoms with Gasteiger partial charge >= 0.3 is 0 Å². The molecule has 6 heteroatoms. The van der Waals surface area contributed by atoms with E-state index in [2.05, 4.69) is 4.72 Å². The van der Waals surface area contributed by atoms with Crippen molar-refractivity contribution in [2.24, 2.45) is 5.73 Å². The molecule has 0 aliphatic carbocycles. The number of sulfonamides is 1. The zero-order chi connectivity index (χ0) is 13.7. The Morgan fingerprint density at radius 2 is 2.11 bits per heavy atom. The van der Waals surface area contributed by atoms with Gasteiger partial charge in [-0.3, -0.25) is 0 Å². The highest BCUT2D eigenvalue weighted by atomic mass is 32.2. The Morgan fingerprint density at radius 1 is 1.37 bits per heavy atom. The lowest BCUT2D eigenvalue weighted by molar-refractivity contribution is 0.127. The number of nitrogens with two attached hydrogens (primary N) is 1. The van der Waals surface area contributed by atoms with Crippen molar-refractivity contribution in [1.82, 2.24) is 4.72 Å². The molecule has 0 amide bonds. The van der Waals surface area contributed by atoms with Gasteiger partial charge in [0.15, 0.2) is 0 Å². The molecule has 1 aromatic carbocycles. The molecule has 2 rings (SSSR count). The molecule has 1 aliphatic heterocycles. The number of rotatable bonds is 6. The zero-order valence-corrected chi connectivity index (χ0v) is 11.6. The molecule has 2 unspecified atom stereocenters. The summed E-state index contributed by atoms with van der Waals surface area (Å²) >= 11 is 0. The molecule has 2 atom stereocenters. The van der Waals surface area contributed by atoms with E-state index >= 15 is 0 Å². The van der Waals surface area contributed by atoms with Gasteiger partial charge in [0.2, 0.25) is 10.0 Å². The summed E-state index contributed by atoms with van der Waals surface area (Å²) in [6.07, 6.45) is 1.57. The Morgan fingerprint density at radius 3 is 2.74 bits per heavy atom. The van der Waals surface area contributed by atoms with Crippen LogP contribution in [0.5, 0.6) is 0 Å². The topological polar surface area (TPSA) is 81.4 Å². The summed E-state index contributed by atoms with van der Waals surface area (Å²) in [4.78, 5) is 0. The lowest BCUT2D eigenvalue weighted by atomic mass is 10.1. The number of benzene rings is 1. The van der Waals surface area contributed by atoms with Crippen molar-refractivity contribution in [3.63, 3.8) is 0 Å². The number of nitrogens with one attached hydrogen (secondary N) is 1. The van der Waals surface area contributed by atoms with Gasteiger partial charge < -0.3 is 10.5 Å². The maximum absolute atomic E-state index is 11.9. The van der Waals surface area contributed by atoms with Crippen LogP contribution in [0.1, 0.15) is 24.4 Å². The third-order valence-corrected chi connectivity index (χ3v) is 4.60. The summed E-state index contributed by atoms with van der Waals surface area (Å²) in [5.41, 5.74) is 6.87. The molecule has 1 fully saturated rings. The van der Waals surface area contributed by atoms with Crippen molar-refractivity contribution >= 4 is 10.0 Å². The lowest BCUT2D eigenvalue weighted by Crippen LogP contribution is -2.36. The molecule has 19 heavy (non-hydrogen) atoms. The van der Waals surface area contributed by atoms with Crippen molar-refractivity contribution in [1.29, 1.82) is 0 Å². The predicted octanol–water partition coefficient (Wildman–Crippen LogP) is 0.785. The van der Waals surface area contributed by atoms with Crippen LogP contribution in [-0.2, 0) is 14.8 Å². The average molecular weight is 284 g/mol. The Hall–Kier alpha value is -0.950. The number of ether oxygens (including phenoxy) is 1. The second-order valence-electron chi connectivity index (χ2n) is 4.78. The first-order valence-corrected chi connectivity index (χ1v) is 8.11. The van der Waals surface area contributed by atoms with E-state index in [0.29, 0.717) is 6.61 Å². The van der Waals surface area contributed by atoms with E-state index in [1.807, 2.05) is 30.3 Å². The normalized spacial score (nSPS) is 21.4. The highest BCUT2D eigenvalue weighted by Gasteiger charge is 2.23. The zero-order valence-electron chi connectivity index (χ0n) is 10.8. The minimum atomic E-state index is -3.32. The molecule has 3 N–H and O–H groups in total. The lowest BCUT2D eigenvalue weighted by Gasteiger charge is -2.15. The molecular weight excluding hydrogens is 264 g/mol. The van der Waals surface area contributed by atoms with Gasteiger partial charge in [-0.1, -0.05) is 30.3 Å². The molecule has 1 aromatic rings. The highest BCUT2D eigenvalue weighted by Crippen LogP contribution is 2.14. The fourth-order valence-corrected chi connectivity index (χ4v) is 3.42. The molecule has 1 aliphatic rings. The first kappa shape index (κ1) is 14.5. The van der Waals surface area contributed by atoms with Crippen LogP contribution in [0.3, 0.4) is 0 Å². The Balaban J connectivity index is 1.83. The van der Waals surface area contributed by atoms with Crippen LogP contribution in [0.25, 0.3) is 0 Å². The van der Waals surface area contributed by atoms with Crippen LogP contribution < -0.4 is 10.5 Å². The van der Waals surface area contributed by atoms with Crippen LogP contribution in [0.4, 0.5) is 0 Å². The average Bonchev–Trinajstić information content (AvgIpc) is 2.89. The summed E-state index contributed by atoms with van der Waals surface area (Å²) in [6.45, 7) is 0.864. The van der Waals surface area contributed by atoms with Crippen LogP contribution in [-0.4, -0.2) is 33.4 Å². The van der Waals surface area contributed by atoms with Gasteiger partial charge in [0.25, 0.3) is 0 Å². The van der Waals surface area contributed by atoms with Gasteiger partial charge in [-0.2, -0.15) is 0 Å². The van der Waals surface area contributed by atoms with E-state index < -0.39 is 10.0 Å². The standard InChI is InChI=1S/C13H20N2O3S/c14-13(11-5-2-1-3-6-11)9-15-19(16,17)10-12-7-4-8-18-12/h1-3,5-6,12-13,15H,4,7-10,14H2. The molecule has 106 valence electrons. The van der Waals surface area contributed by atoms with Gasteiger partial charge in [-0.15, -0.1) is 0 Å². The second kappa shape index (κ2) is 6.47. The minimum Gasteiger partial charge on any atom is -0.377 e. The van der Waals surface area contributed by atoms with Gasteiger partial charge in [0.1, 0.15) is 0 Å². The molecule has 0 aromatic heterocycles. The third-order valence-electron chi connectivity index (χ3n) is 3.18. The monoisotopic (exact) mass is 284 g/mol. The first-order valence-electron chi connectivity index (χ1n) is 6.46. The van der Waals surface area contributed by atoms with E-state index in [1.165, 1.54) is 0 Å². The van der Waals surface area contributed by atoms with Crippen molar-refractivity contribution in [3.8, 4) is 0 Å². The van der Waals surface area contributed by atoms with Gasteiger partial charge in [-0.25, -0.2) is 13.1 Å². The summed E-state index contributed by atoms with van der Waals surface area (Å²) in [7, 11) is -3.32. The van der Waals surface area contributed by atoms with Crippen LogP contribution in [0.2, 0.25) is 0 Å². The maximum Gasteiger partial charge on any atom is 0.214 e. The molecular formula is C13H20N2O3S. The molecule has 1 heterocycles. The molecule has 0 radical (unpaired) electrons. The summed E-state index contributed by atoms with van der Waals surface area (Å²) in [5, 5.41) is 0. The van der Waals surface area contributed by atoms with Gasteiger partial charge in [0.05, 0.1) is 11.9 Å². The second-order valence-corrected chi connectivity index (χ2v) is 6.63. The smallest absolute Gasteiger partial charge is 0.214 e. The molecule has 0 spiro atoms. The number of hydrogen-bond donors (Lipinski definition) is 2. The maximum atomic E-state index is 11.9. The third kappa shape index (κ3) is 4.58. The highest BCUT2D eigenvalue weighted by molar-refractivity contribution is 7.89. The summed E-state index contributed by atoms with van der Waals surface area (Å²) in [5.74, 6) is 0.0223. The van der Waals surface area contributed by atoms with E-state index in [1.54, 1.807) is 0 Å². The van der Waals surface area contributed by atoms with E-state index in [0.717, 1.165) is 18.4 Å². The fraction of sp³-hybridized carbons (Fsp3) is 0.538. The minimum absolute atomic E-state index is 0.0223. The Labute approximate surface area is 114 Å². The largest absolute Gasteiger partial charge is 0.377 e. The van der Waals surface area contributed by atoms with Crippen molar-refractivity contribution < 1.29 is 13.2 Å². The first-order chi connectivity index (χ1) is 9.07. The Bertz CT molecular complexity index is 484. The van der Waals surface area contributed by atoms with Crippen molar-refractivity contribution in [2.75, 3.05) is 18.9 Å². The quantitative estimate of drug-likeness (QED) is 0.809. The van der Waals surface area contributed by atoms with Crippen LogP contribution in [0.15, 0.2) is 30.3 Å². The number of hydrogen-bond acceptors (Lipinski definition) is 4. The van der Waals surface area contributed by atoms with Crippen molar-refractivity contribution in [2.45, 2.75) is 25.0 Å². The molecule has 5 nitrogen and oxygen atoms in total. The SMILES string of the molecule is NC(CNS(=O)(=O)CC1CCCO1)c1ccccc1. The molecule has 0 bridgehead atoms. The molecule has 1 saturated heterocycles. The van der Waals surface area contributed by atoms with E-state index in [4.69, 9.17) is 10.5 Å². The van der Waals surface area contributed by atoms with Crippen LogP contribution >= 0.6 is 0 Å². The molecule has 0 saturated carbocycles. The van der Waals surface area contributed by atoms with Gasteiger partial charge in [-0.05, 0) is 18.4 Å². The van der Waals surface area contributed by atoms with E-state index in [-0.39, 0.29) is 24.4 Å². The summed E-state index contributed by atoms with van der Waals surface area (Å²) in [6, 6.07) is 9.11. The Kier molecular flexibility index (Phi) is 4.93. The predicted molar refractivity (Wildman–Crippen MR) is 74.1 cm³/mol.